The van der Waals surface area contributed by atoms with Crippen LogP contribution in [0.15, 0.2) is 17.0 Å². The van der Waals surface area contributed by atoms with Gasteiger partial charge in [0.2, 0.25) is 10.0 Å². The van der Waals surface area contributed by atoms with E-state index in [1.54, 1.807) is 0 Å². The van der Waals surface area contributed by atoms with E-state index < -0.39 is 20.7 Å². The maximum Gasteiger partial charge on any atom is 0.243 e. The fourth-order valence-electron chi connectivity index (χ4n) is 1.94. The van der Waals surface area contributed by atoms with Gasteiger partial charge in [0.1, 0.15) is 4.90 Å². The molecule has 1 saturated carbocycles. The second-order valence-electron chi connectivity index (χ2n) is 4.99. The molecule has 0 spiro atoms. The summed E-state index contributed by atoms with van der Waals surface area (Å²) in [6.07, 6.45) is 2.88. The van der Waals surface area contributed by atoms with E-state index in [4.69, 9.17) is 17.3 Å². The van der Waals surface area contributed by atoms with Crippen LogP contribution in [0.2, 0.25) is 5.02 Å². The van der Waals surface area contributed by atoms with Gasteiger partial charge in [0.05, 0.1) is 5.02 Å². The maximum absolute atomic E-state index is 13.8. The molecule has 0 bridgehead atoms. The first-order valence-corrected chi connectivity index (χ1v) is 7.90. The summed E-state index contributed by atoms with van der Waals surface area (Å²) < 4.78 is 40.4. The summed E-state index contributed by atoms with van der Waals surface area (Å²) in [5, 5.41) is -0.294. The lowest BCUT2D eigenvalue weighted by Gasteiger charge is -2.14. The Morgan fingerprint density at radius 1 is 1.47 bits per heavy atom. The first-order chi connectivity index (χ1) is 8.80. The molecular formula is C12H16ClFN2O2S. The van der Waals surface area contributed by atoms with Crippen molar-refractivity contribution >= 4 is 27.3 Å². The third-order valence-corrected chi connectivity index (χ3v) is 5.33. The fraction of sp³-hybridized carbons (Fsp3) is 0.500. The Labute approximate surface area is 117 Å². The molecule has 0 heterocycles. The Kier molecular flexibility index (Phi) is 3.77. The highest BCUT2D eigenvalue weighted by molar-refractivity contribution is 7.89. The summed E-state index contributed by atoms with van der Waals surface area (Å²) in [4.78, 5) is -0.496. The van der Waals surface area contributed by atoms with E-state index in [-0.39, 0.29) is 16.1 Å². The predicted molar refractivity (Wildman–Crippen MR) is 73.0 cm³/mol. The van der Waals surface area contributed by atoms with Crippen LogP contribution in [0.4, 0.5) is 10.1 Å². The zero-order valence-corrected chi connectivity index (χ0v) is 12.1. The molecule has 1 aromatic rings. The van der Waals surface area contributed by atoms with Crippen LogP contribution in [0.3, 0.4) is 0 Å². The van der Waals surface area contributed by atoms with Crippen molar-refractivity contribution in [1.82, 2.24) is 4.72 Å². The predicted octanol–water partition coefficient (Wildman–Crippen LogP) is 2.53. The summed E-state index contributed by atoms with van der Waals surface area (Å²) in [6, 6.07) is 2.26. The number of rotatable bonds is 5. The summed E-state index contributed by atoms with van der Waals surface area (Å²) in [6.45, 7) is 2.33. The van der Waals surface area contributed by atoms with Crippen LogP contribution in [0.25, 0.3) is 0 Å². The zero-order valence-electron chi connectivity index (χ0n) is 10.5. The molecule has 106 valence electrons. The highest BCUT2D eigenvalue weighted by Gasteiger charge is 2.41. The van der Waals surface area contributed by atoms with Crippen LogP contribution in [-0.4, -0.2) is 15.0 Å². The van der Waals surface area contributed by atoms with Crippen LogP contribution >= 0.6 is 11.6 Å². The van der Waals surface area contributed by atoms with Gasteiger partial charge in [-0.15, -0.1) is 0 Å². The van der Waals surface area contributed by atoms with Crippen LogP contribution in [0.1, 0.15) is 26.2 Å². The van der Waals surface area contributed by atoms with Crippen molar-refractivity contribution in [3.63, 3.8) is 0 Å². The molecule has 0 aliphatic heterocycles. The van der Waals surface area contributed by atoms with Gasteiger partial charge < -0.3 is 5.73 Å². The molecule has 7 heteroatoms. The highest BCUT2D eigenvalue weighted by atomic mass is 35.5. The van der Waals surface area contributed by atoms with Crippen molar-refractivity contribution in [3.05, 3.63) is 23.0 Å². The minimum Gasteiger partial charge on any atom is -0.399 e. The van der Waals surface area contributed by atoms with Gasteiger partial charge in [-0.2, -0.15) is 0 Å². The van der Waals surface area contributed by atoms with Crippen molar-refractivity contribution in [2.75, 3.05) is 12.3 Å². The molecule has 4 nitrogen and oxygen atoms in total. The van der Waals surface area contributed by atoms with E-state index in [2.05, 4.69) is 4.72 Å². The van der Waals surface area contributed by atoms with Gasteiger partial charge in [0, 0.05) is 12.2 Å². The number of halogens is 2. The Hall–Kier alpha value is -0.850. The van der Waals surface area contributed by atoms with Crippen LogP contribution < -0.4 is 10.5 Å². The molecule has 3 N–H and O–H groups in total. The van der Waals surface area contributed by atoms with Gasteiger partial charge in [-0.3, -0.25) is 0 Å². The third kappa shape index (κ3) is 3.01. The number of nitrogens with one attached hydrogen (secondary N) is 1. The third-order valence-electron chi connectivity index (χ3n) is 3.65. The first-order valence-electron chi connectivity index (χ1n) is 6.04. The second-order valence-corrected chi connectivity index (χ2v) is 7.14. The average Bonchev–Trinajstić information content (AvgIpc) is 3.12. The SMILES string of the molecule is CCC1(CNS(=O)(=O)c2cc(N)cc(Cl)c2F)CC1. The Morgan fingerprint density at radius 3 is 2.63 bits per heavy atom. The van der Waals surface area contributed by atoms with Crippen LogP contribution in [-0.2, 0) is 10.0 Å². The van der Waals surface area contributed by atoms with Gasteiger partial charge in [-0.05, 0) is 36.8 Å². The lowest BCUT2D eigenvalue weighted by Crippen LogP contribution is -2.30. The molecular weight excluding hydrogens is 291 g/mol. The molecule has 1 aliphatic carbocycles. The van der Waals surface area contributed by atoms with Crippen molar-refractivity contribution in [2.24, 2.45) is 5.41 Å². The molecule has 0 aromatic heterocycles. The molecule has 1 aliphatic rings. The van der Waals surface area contributed by atoms with E-state index in [1.165, 1.54) is 6.07 Å². The minimum absolute atomic E-state index is 0.0354. The molecule has 1 fully saturated rings. The van der Waals surface area contributed by atoms with Gasteiger partial charge >= 0.3 is 0 Å². The zero-order chi connectivity index (χ0) is 14.3. The summed E-state index contributed by atoms with van der Waals surface area (Å²) in [5.74, 6) is -0.968. The standard InChI is InChI=1S/C12H16ClFN2O2S/c1-2-12(3-4-12)7-16-19(17,18)10-6-8(15)5-9(13)11(10)14/h5-6,16H,2-4,7,15H2,1H3. The minimum atomic E-state index is -3.93. The number of hydrogen-bond acceptors (Lipinski definition) is 3. The largest absolute Gasteiger partial charge is 0.399 e. The molecule has 0 saturated heterocycles. The second kappa shape index (κ2) is 4.92. The Balaban J connectivity index is 2.25. The van der Waals surface area contributed by atoms with E-state index >= 15 is 0 Å². The van der Waals surface area contributed by atoms with Crippen LogP contribution in [0, 0.1) is 11.2 Å². The number of nitrogen functional groups attached to an aromatic ring is 1. The highest BCUT2D eigenvalue weighted by Crippen LogP contribution is 2.48. The number of hydrogen-bond donors (Lipinski definition) is 2. The van der Waals surface area contributed by atoms with E-state index in [0.29, 0.717) is 6.54 Å². The molecule has 2 rings (SSSR count). The van der Waals surface area contributed by atoms with Crippen molar-refractivity contribution in [3.8, 4) is 0 Å². The Morgan fingerprint density at radius 2 is 2.11 bits per heavy atom. The molecule has 0 atom stereocenters. The average molecular weight is 307 g/mol. The normalized spacial score (nSPS) is 17.4. The molecule has 1 aromatic carbocycles. The summed E-state index contributed by atoms with van der Waals surface area (Å²) in [7, 11) is -3.93. The van der Waals surface area contributed by atoms with Gasteiger partial charge in [-0.25, -0.2) is 17.5 Å². The van der Waals surface area contributed by atoms with Crippen molar-refractivity contribution in [2.45, 2.75) is 31.1 Å². The molecule has 0 unspecified atom stereocenters. The number of benzene rings is 1. The van der Waals surface area contributed by atoms with E-state index in [0.717, 1.165) is 25.3 Å². The Bertz CT molecular complexity index is 600. The van der Waals surface area contributed by atoms with Crippen molar-refractivity contribution < 1.29 is 12.8 Å². The number of nitrogens with two attached hydrogens (primary N) is 1. The first kappa shape index (κ1) is 14.6. The molecule has 19 heavy (non-hydrogen) atoms. The fourth-order valence-corrected chi connectivity index (χ4v) is 3.51. The smallest absolute Gasteiger partial charge is 0.243 e. The lowest BCUT2D eigenvalue weighted by molar-refractivity contribution is 0.473. The van der Waals surface area contributed by atoms with E-state index in [1.807, 2.05) is 6.92 Å². The monoisotopic (exact) mass is 306 g/mol. The summed E-state index contributed by atoms with van der Waals surface area (Å²) in [5.41, 5.74) is 5.65. The number of anilines is 1. The lowest BCUT2D eigenvalue weighted by atomic mass is 10.1. The number of sulfonamides is 1. The van der Waals surface area contributed by atoms with Crippen LogP contribution in [0.5, 0.6) is 0 Å². The van der Waals surface area contributed by atoms with Gasteiger partial charge in [0.25, 0.3) is 0 Å². The van der Waals surface area contributed by atoms with E-state index in [9.17, 15) is 12.8 Å². The quantitative estimate of drug-likeness (QED) is 0.821. The van der Waals surface area contributed by atoms with Crippen molar-refractivity contribution in [1.29, 1.82) is 0 Å². The topological polar surface area (TPSA) is 72.2 Å². The van der Waals surface area contributed by atoms with Gasteiger partial charge in [0.15, 0.2) is 5.82 Å². The maximum atomic E-state index is 13.8. The molecule has 0 radical (unpaired) electrons. The molecule has 0 amide bonds. The summed E-state index contributed by atoms with van der Waals surface area (Å²) >= 11 is 5.61. The van der Waals surface area contributed by atoms with Gasteiger partial charge in [-0.1, -0.05) is 18.5 Å².